The summed E-state index contributed by atoms with van der Waals surface area (Å²) >= 11 is 0. The first-order chi connectivity index (χ1) is 8.84. The second kappa shape index (κ2) is 7.59. The van der Waals surface area contributed by atoms with Gasteiger partial charge in [-0.25, -0.2) is 4.79 Å². The Bertz CT molecular complexity index is 247. The molecule has 0 radical (unpaired) electrons. The van der Waals surface area contributed by atoms with Gasteiger partial charge in [-0.05, 0) is 12.8 Å². The van der Waals surface area contributed by atoms with Crippen molar-refractivity contribution in [1.82, 2.24) is 16.0 Å². The third kappa shape index (κ3) is 4.82. The maximum Gasteiger partial charge on any atom is 0.315 e. The van der Waals surface area contributed by atoms with Crippen LogP contribution in [0.5, 0.6) is 0 Å². The fraction of sp³-hybridized carbons (Fsp3) is 0.923. The highest BCUT2D eigenvalue weighted by molar-refractivity contribution is 5.74. The van der Waals surface area contributed by atoms with Crippen LogP contribution in [-0.4, -0.2) is 44.9 Å². The van der Waals surface area contributed by atoms with Crippen LogP contribution in [-0.2, 0) is 4.74 Å². The van der Waals surface area contributed by atoms with Gasteiger partial charge in [0.25, 0.3) is 0 Å². The average Bonchev–Trinajstić information content (AvgIpc) is 2.66. The Hall–Kier alpha value is -0.810. The largest absolute Gasteiger partial charge is 0.380 e. The summed E-state index contributed by atoms with van der Waals surface area (Å²) in [6.07, 6.45) is 6.05. The highest BCUT2D eigenvalue weighted by Crippen LogP contribution is 2.17. The van der Waals surface area contributed by atoms with Crippen LogP contribution in [0.15, 0.2) is 0 Å². The number of rotatable bonds is 3. The molecular formula is C13H25N3O2. The highest BCUT2D eigenvalue weighted by atomic mass is 16.5. The smallest absolute Gasteiger partial charge is 0.315 e. The fourth-order valence-corrected chi connectivity index (χ4v) is 2.61. The predicted octanol–water partition coefficient (Wildman–Crippen LogP) is 0.854. The molecule has 5 heteroatoms. The Balaban J connectivity index is 1.61. The van der Waals surface area contributed by atoms with Crippen molar-refractivity contribution in [1.29, 1.82) is 0 Å². The molecule has 104 valence electrons. The molecule has 0 aromatic heterocycles. The molecule has 1 aliphatic carbocycles. The van der Waals surface area contributed by atoms with Crippen molar-refractivity contribution in [2.45, 2.75) is 38.1 Å². The van der Waals surface area contributed by atoms with Crippen molar-refractivity contribution < 1.29 is 9.53 Å². The summed E-state index contributed by atoms with van der Waals surface area (Å²) in [6, 6.07) is 0.355. The first kappa shape index (κ1) is 13.6. The number of hydrogen-bond donors (Lipinski definition) is 3. The van der Waals surface area contributed by atoms with Gasteiger partial charge in [0.2, 0.25) is 0 Å². The fourth-order valence-electron chi connectivity index (χ4n) is 2.61. The summed E-state index contributed by atoms with van der Waals surface area (Å²) in [5.74, 6) is 0.379. The number of hydrogen-bond acceptors (Lipinski definition) is 3. The van der Waals surface area contributed by atoms with E-state index in [4.69, 9.17) is 4.74 Å². The van der Waals surface area contributed by atoms with E-state index >= 15 is 0 Å². The first-order valence-corrected chi connectivity index (χ1v) is 7.17. The van der Waals surface area contributed by atoms with E-state index in [1.807, 2.05) is 0 Å². The summed E-state index contributed by atoms with van der Waals surface area (Å²) in [4.78, 5) is 11.8. The van der Waals surface area contributed by atoms with E-state index in [1.54, 1.807) is 0 Å². The number of nitrogens with one attached hydrogen (secondary N) is 3. The van der Waals surface area contributed by atoms with Gasteiger partial charge in [-0.2, -0.15) is 0 Å². The Morgan fingerprint density at radius 2 is 2.11 bits per heavy atom. The van der Waals surface area contributed by atoms with Gasteiger partial charge < -0.3 is 20.7 Å². The molecule has 0 bridgehead atoms. The lowest BCUT2D eigenvalue weighted by Crippen LogP contribution is -2.45. The molecule has 2 fully saturated rings. The number of amides is 2. The van der Waals surface area contributed by atoms with Crippen LogP contribution < -0.4 is 16.0 Å². The molecule has 5 nitrogen and oxygen atoms in total. The molecular weight excluding hydrogens is 230 g/mol. The number of carbonyl (C=O) groups excluding carboxylic acids is 1. The molecule has 0 unspecified atom stereocenters. The van der Waals surface area contributed by atoms with Gasteiger partial charge >= 0.3 is 6.03 Å². The molecule has 1 aliphatic heterocycles. The topological polar surface area (TPSA) is 62.4 Å². The van der Waals surface area contributed by atoms with Crippen LogP contribution in [0.3, 0.4) is 0 Å². The third-order valence-corrected chi connectivity index (χ3v) is 3.70. The monoisotopic (exact) mass is 255 g/mol. The Morgan fingerprint density at radius 3 is 2.94 bits per heavy atom. The van der Waals surface area contributed by atoms with E-state index in [-0.39, 0.29) is 6.03 Å². The summed E-state index contributed by atoms with van der Waals surface area (Å²) in [7, 11) is 0. The molecule has 2 aliphatic rings. The molecule has 3 N–H and O–H groups in total. The lowest BCUT2D eigenvalue weighted by molar-refractivity contribution is 0.123. The zero-order valence-corrected chi connectivity index (χ0v) is 11.0. The van der Waals surface area contributed by atoms with Gasteiger partial charge in [-0.3, -0.25) is 0 Å². The molecule has 1 saturated heterocycles. The minimum absolute atomic E-state index is 0.0221. The number of ether oxygens (including phenoxy) is 1. The number of urea groups is 1. The predicted molar refractivity (Wildman–Crippen MR) is 70.6 cm³/mol. The zero-order valence-electron chi connectivity index (χ0n) is 11.0. The standard InChI is InChI=1S/C13H25N3O2/c17-13(16-12-4-2-1-3-5-12)15-9-11-8-14-6-7-18-10-11/h11-12,14H,1-10H2,(H2,15,16,17)/t11-/m1/s1. The van der Waals surface area contributed by atoms with Crippen molar-refractivity contribution in [2.24, 2.45) is 5.92 Å². The summed E-state index contributed by atoms with van der Waals surface area (Å²) in [6.45, 7) is 4.02. The maximum absolute atomic E-state index is 11.8. The lowest BCUT2D eigenvalue weighted by atomic mass is 9.96. The maximum atomic E-state index is 11.8. The Kier molecular flexibility index (Phi) is 5.74. The van der Waals surface area contributed by atoms with Crippen LogP contribution >= 0.6 is 0 Å². The minimum Gasteiger partial charge on any atom is -0.380 e. The molecule has 0 aromatic rings. The lowest BCUT2D eigenvalue weighted by Gasteiger charge is -2.23. The second-order valence-corrected chi connectivity index (χ2v) is 5.33. The molecule has 1 heterocycles. The average molecular weight is 255 g/mol. The quantitative estimate of drug-likeness (QED) is 0.701. The van der Waals surface area contributed by atoms with E-state index in [0.29, 0.717) is 18.5 Å². The zero-order chi connectivity index (χ0) is 12.6. The SMILES string of the molecule is O=C(NC[C@H]1CNCCOC1)NC1CCCCC1. The first-order valence-electron chi connectivity index (χ1n) is 7.17. The highest BCUT2D eigenvalue weighted by Gasteiger charge is 2.17. The van der Waals surface area contributed by atoms with Gasteiger partial charge in [0.1, 0.15) is 0 Å². The van der Waals surface area contributed by atoms with E-state index in [2.05, 4.69) is 16.0 Å². The van der Waals surface area contributed by atoms with Crippen LogP contribution in [0, 0.1) is 5.92 Å². The van der Waals surface area contributed by atoms with Crippen molar-refractivity contribution in [3.8, 4) is 0 Å². The number of carbonyl (C=O) groups is 1. The summed E-state index contributed by atoms with van der Waals surface area (Å²) in [5, 5.41) is 9.33. The van der Waals surface area contributed by atoms with Crippen molar-refractivity contribution in [3.05, 3.63) is 0 Å². The molecule has 0 aromatic carbocycles. The summed E-state index contributed by atoms with van der Waals surface area (Å²) in [5.41, 5.74) is 0. The van der Waals surface area contributed by atoms with Gasteiger partial charge in [-0.15, -0.1) is 0 Å². The van der Waals surface area contributed by atoms with Crippen LogP contribution in [0.1, 0.15) is 32.1 Å². The molecule has 2 rings (SSSR count). The molecule has 0 spiro atoms. The van der Waals surface area contributed by atoms with Crippen LogP contribution in [0.2, 0.25) is 0 Å². The van der Waals surface area contributed by atoms with Crippen LogP contribution in [0.4, 0.5) is 4.79 Å². The van der Waals surface area contributed by atoms with E-state index in [9.17, 15) is 4.79 Å². The summed E-state index contributed by atoms with van der Waals surface area (Å²) < 4.78 is 5.46. The van der Waals surface area contributed by atoms with Crippen molar-refractivity contribution in [3.63, 3.8) is 0 Å². The Morgan fingerprint density at radius 1 is 1.28 bits per heavy atom. The van der Waals surface area contributed by atoms with Crippen molar-refractivity contribution >= 4 is 6.03 Å². The molecule has 1 atom stereocenters. The van der Waals surface area contributed by atoms with E-state index < -0.39 is 0 Å². The van der Waals surface area contributed by atoms with E-state index in [0.717, 1.165) is 39.1 Å². The van der Waals surface area contributed by atoms with Gasteiger partial charge in [-0.1, -0.05) is 19.3 Å². The van der Waals surface area contributed by atoms with Gasteiger partial charge in [0.15, 0.2) is 0 Å². The van der Waals surface area contributed by atoms with Gasteiger partial charge in [0.05, 0.1) is 13.2 Å². The molecule has 2 amide bonds. The minimum atomic E-state index is -0.0221. The van der Waals surface area contributed by atoms with Gasteiger partial charge in [0, 0.05) is 31.6 Å². The van der Waals surface area contributed by atoms with Crippen molar-refractivity contribution in [2.75, 3.05) is 32.8 Å². The van der Waals surface area contributed by atoms with E-state index in [1.165, 1.54) is 19.3 Å². The van der Waals surface area contributed by atoms with Crippen LogP contribution in [0.25, 0.3) is 0 Å². The normalized spacial score (nSPS) is 26.3. The third-order valence-electron chi connectivity index (χ3n) is 3.70. The second-order valence-electron chi connectivity index (χ2n) is 5.33. The Labute approximate surface area is 109 Å². The molecule has 18 heavy (non-hydrogen) atoms. The molecule has 1 saturated carbocycles.